The Bertz CT molecular complexity index is 414. The molecule has 0 aromatic heterocycles. The van der Waals surface area contributed by atoms with Gasteiger partial charge in [0.1, 0.15) is 18.5 Å². The van der Waals surface area contributed by atoms with Crippen molar-refractivity contribution in [2.24, 2.45) is 11.8 Å². The molecular formula is C18H27F5O. The molecule has 0 aromatic carbocycles. The molecule has 1 nitrogen and oxygen atoms in total. The summed E-state index contributed by atoms with van der Waals surface area (Å²) in [6.45, 7) is 1.91. The lowest BCUT2D eigenvalue weighted by atomic mass is 9.78. The summed E-state index contributed by atoms with van der Waals surface area (Å²) >= 11 is 0. The van der Waals surface area contributed by atoms with Gasteiger partial charge < -0.3 is 4.74 Å². The molecule has 0 spiro atoms. The van der Waals surface area contributed by atoms with Crippen LogP contribution in [0, 0.1) is 11.8 Å². The Balaban J connectivity index is 1.85. The van der Waals surface area contributed by atoms with Crippen LogP contribution >= 0.6 is 0 Å². The molecular weight excluding hydrogens is 327 g/mol. The van der Waals surface area contributed by atoms with Gasteiger partial charge in [-0.15, -0.1) is 0 Å². The molecule has 0 aliphatic heterocycles. The normalized spacial score (nSPS) is 38.6. The molecule has 6 unspecified atom stereocenters. The summed E-state index contributed by atoms with van der Waals surface area (Å²) in [4.78, 5) is 0. The van der Waals surface area contributed by atoms with Gasteiger partial charge in [0.2, 0.25) is 0 Å². The largest absolute Gasteiger partial charge is 0.361 e. The van der Waals surface area contributed by atoms with Gasteiger partial charge in [-0.3, -0.25) is 0 Å². The van der Waals surface area contributed by atoms with Crippen molar-refractivity contribution in [2.45, 2.75) is 89.0 Å². The lowest BCUT2D eigenvalue weighted by Gasteiger charge is -2.38. The van der Waals surface area contributed by atoms with Crippen molar-refractivity contribution >= 4 is 0 Å². The molecule has 0 heterocycles. The van der Waals surface area contributed by atoms with Gasteiger partial charge in [-0.05, 0) is 57.8 Å². The van der Waals surface area contributed by atoms with Crippen LogP contribution in [0.5, 0.6) is 0 Å². The zero-order valence-corrected chi connectivity index (χ0v) is 14.1. The van der Waals surface area contributed by atoms with E-state index in [1.54, 1.807) is 0 Å². The molecule has 0 aromatic rings. The van der Waals surface area contributed by atoms with E-state index in [9.17, 15) is 22.0 Å². The highest BCUT2D eigenvalue weighted by molar-refractivity contribution is 4.88. The molecule has 0 radical (unpaired) electrons. The van der Waals surface area contributed by atoms with Crippen LogP contribution in [0.25, 0.3) is 0 Å². The van der Waals surface area contributed by atoms with E-state index in [0.717, 1.165) is 12.8 Å². The van der Waals surface area contributed by atoms with E-state index in [-0.39, 0.29) is 38.0 Å². The van der Waals surface area contributed by atoms with Crippen molar-refractivity contribution in [1.29, 1.82) is 0 Å². The summed E-state index contributed by atoms with van der Waals surface area (Å²) in [5, 5.41) is 0. The van der Waals surface area contributed by atoms with E-state index >= 15 is 0 Å². The quantitative estimate of drug-likeness (QED) is 0.424. The molecule has 2 saturated carbocycles. The molecule has 2 fully saturated rings. The zero-order chi connectivity index (χ0) is 17.7. The summed E-state index contributed by atoms with van der Waals surface area (Å²) in [7, 11) is 0. The summed E-state index contributed by atoms with van der Waals surface area (Å²) in [5.74, 6) is -1.38. The summed E-state index contributed by atoms with van der Waals surface area (Å²) < 4.78 is 74.1. The Morgan fingerprint density at radius 3 is 2.33 bits per heavy atom. The van der Waals surface area contributed by atoms with Crippen LogP contribution in [-0.4, -0.2) is 30.7 Å². The fourth-order valence-corrected chi connectivity index (χ4v) is 3.80. The summed E-state index contributed by atoms with van der Waals surface area (Å²) in [5.41, 5.74) is 0. The molecule has 6 atom stereocenters. The molecule has 0 N–H and O–H groups in total. The molecule has 2 aliphatic carbocycles. The van der Waals surface area contributed by atoms with Gasteiger partial charge in [-0.25, -0.2) is 13.2 Å². The number of rotatable bonds is 6. The zero-order valence-electron chi connectivity index (χ0n) is 14.1. The predicted molar refractivity (Wildman–Crippen MR) is 83.2 cm³/mol. The van der Waals surface area contributed by atoms with Crippen molar-refractivity contribution in [3.05, 3.63) is 12.2 Å². The van der Waals surface area contributed by atoms with E-state index in [4.69, 9.17) is 4.74 Å². The van der Waals surface area contributed by atoms with Crippen LogP contribution in [0.15, 0.2) is 12.2 Å². The Hall–Kier alpha value is -0.650. The molecule has 0 bridgehead atoms. The first kappa shape index (κ1) is 19.7. The first-order valence-corrected chi connectivity index (χ1v) is 8.92. The monoisotopic (exact) mass is 354 g/mol. The number of hydrogen-bond acceptors (Lipinski definition) is 1. The van der Waals surface area contributed by atoms with Crippen LogP contribution < -0.4 is 0 Å². The molecule has 0 saturated heterocycles. The van der Waals surface area contributed by atoms with Gasteiger partial charge in [0.05, 0.1) is 12.0 Å². The highest BCUT2D eigenvalue weighted by Crippen LogP contribution is 2.44. The molecule has 2 rings (SSSR count). The third kappa shape index (κ3) is 5.17. The summed E-state index contributed by atoms with van der Waals surface area (Å²) in [6.07, 6.45) is -3.87. The minimum atomic E-state index is -3.62. The van der Waals surface area contributed by atoms with Crippen molar-refractivity contribution in [3.8, 4) is 0 Å². The Morgan fingerprint density at radius 1 is 0.958 bits per heavy atom. The van der Waals surface area contributed by atoms with Gasteiger partial charge in [0, 0.05) is 6.42 Å². The Morgan fingerprint density at radius 2 is 1.71 bits per heavy atom. The maximum atomic E-state index is 14.3. The number of alkyl halides is 5. The standard InChI is InChI=1S/C18H27F5O/c1-2-3-4-5-12-6-8-14(16(20)10-12)18(22,23)24-13-7-9-15(19)17(21)11-13/h2-3,12-17H,4-11H2,1H3/b3-2+. The van der Waals surface area contributed by atoms with Crippen molar-refractivity contribution in [3.63, 3.8) is 0 Å². The Labute approximate surface area is 140 Å². The van der Waals surface area contributed by atoms with E-state index in [1.807, 2.05) is 19.1 Å². The third-order valence-electron chi connectivity index (χ3n) is 5.26. The highest BCUT2D eigenvalue weighted by Gasteiger charge is 2.50. The second-order valence-corrected chi connectivity index (χ2v) is 7.09. The minimum Gasteiger partial charge on any atom is -0.317 e. The predicted octanol–water partition coefficient (Wildman–Crippen LogP) is 5.94. The summed E-state index contributed by atoms with van der Waals surface area (Å²) in [6, 6.07) is 0. The van der Waals surface area contributed by atoms with Crippen LogP contribution in [0.1, 0.15) is 58.3 Å². The van der Waals surface area contributed by atoms with Crippen molar-refractivity contribution < 1.29 is 26.7 Å². The van der Waals surface area contributed by atoms with Crippen molar-refractivity contribution in [1.82, 2.24) is 0 Å². The van der Waals surface area contributed by atoms with E-state index in [1.165, 1.54) is 0 Å². The van der Waals surface area contributed by atoms with Gasteiger partial charge in [0.15, 0.2) is 0 Å². The number of ether oxygens (including phenoxy) is 1. The molecule has 6 heteroatoms. The number of halogens is 5. The van der Waals surface area contributed by atoms with Gasteiger partial charge in [-0.2, -0.15) is 8.78 Å². The fraction of sp³-hybridized carbons (Fsp3) is 0.889. The van der Waals surface area contributed by atoms with Crippen LogP contribution in [0.4, 0.5) is 22.0 Å². The topological polar surface area (TPSA) is 9.23 Å². The SMILES string of the molecule is C/C=C/CCC1CCC(C(F)(F)OC2CCC(F)C(F)C2)C(F)C1. The van der Waals surface area contributed by atoms with Crippen LogP contribution in [0.2, 0.25) is 0 Å². The molecule has 24 heavy (non-hydrogen) atoms. The second-order valence-electron chi connectivity index (χ2n) is 7.09. The third-order valence-corrected chi connectivity index (χ3v) is 5.26. The molecule has 0 amide bonds. The van der Waals surface area contributed by atoms with E-state index < -0.39 is 36.6 Å². The second kappa shape index (κ2) is 8.63. The molecule has 2 aliphatic rings. The maximum absolute atomic E-state index is 14.3. The van der Waals surface area contributed by atoms with Gasteiger partial charge in [-0.1, -0.05) is 12.2 Å². The molecule has 140 valence electrons. The van der Waals surface area contributed by atoms with Gasteiger partial charge in [0.25, 0.3) is 0 Å². The lowest BCUT2D eigenvalue weighted by molar-refractivity contribution is -0.312. The average Bonchev–Trinajstić information content (AvgIpc) is 2.51. The van der Waals surface area contributed by atoms with E-state index in [0.29, 0.717) is 6.42 Å². The maximum Gasteiger partial charge on any atom is 0.361 e. The Kier molecular flexibility index (Phi) is 7.08. The number of allylic oxidation sites excluding steroid dienone is 2. The lowest BCUT2D eigenvalue weighted by Crippen LogP contribution is -2.45. The van der Waals surface area contributed by atoms with Crippen LogP contribution in [-0.2, 0) is 4.74 Å². The average molecular weight is 354 g/mol. The minimum absolute atomic E-state index is 0.0484. The number of hydrogen-bond donors (Lipinski definition) is 0. The first-order valence-electron chi connectivity index (χ1n) is 8.92. The van der Waals surface area contributed by atoms with E-state index in [2.05, 4.69) is 0 Å². The van der Waals surface area contributed by atoms with Gasteiger partial charge >= 0.3 is 6.11 Å². The first-order chi connectivity index (χ1) is 11.3. The van der Waals surface area contributed by atoms with Crippen molar-refractivity contribution in [2.75, 3.05) is 0 Å². The fourth-order valence-electron chi connectivity index (χ4n) is 3.80. The smallest absolute Gasteiger partial charge is 0.317 e. The highest BCUT2D eigenvalue weighted by atomic mass is 19.3. The van der Waals surface area contributed by atoms with Crippen LogP contribution in [0.3, 0.4) is 0 Å².